The summed E-state index contributed by atoms with van der Waals surface area (Å²) in [6.45, 7) is 1.80. The molecule has 25 heavy (non-hydrogen) atoms. The molecular formula is C18H15ClN2O4. The van der Waals surface area contributed by atoms with Gasteiger partial charge in [-0.1, -0.05) is 42.5 Å². The predicted octanol–water partition coefficient (Wildman–Crippen LogP) is 4.48. The molecule has 0 saturated heterocycles. The van der Waals surface area contributed by atoms with Gasteiger partial charge in [-0.15, -0.1) is 11.6 Å². The fraction of sp³-hybridized carbons (Fsp3) is 0.167. The normalized spacial score (nSPS) is 13.4. The molecule has 3 aromatic rings. The first-order valence-electron chi connectivity index (χ1n) is 7.65. The summed E-state index contributed by atoms with van der Waals surface area (Å²) in [6, 6.07) is 15.7. The Kier molecular flexibility index (Phi) is 4.72. The van der Waals surface area contributed by atoms with Crippen molar-refractivity contribution >= 4 is 33.9 Å². The summed E-state index contributed by atoms with van der Waals surface area (Å²) >= 11 is 6.50. The van der Waals surface area contributed by atoms with Crippen molar-refractivity contribution < 1.29 is 9.34 Å². The second kappa shape index (κ2) is 6.94. The van der Waals surface area contributed by atoms with Crippen LogP contribution in [0.25, 0.3) is 11.0 Å². The van der Waals surface area contributed by atoms with Gasteiger partial charge in [-0.3, -0.25) is 10.1 Å². The Morgan fingerprint density at radius 1 is 1.12 bits per heavy atom. The molecule has 0 saturated carbocycles. The summed E-state index contributed by atoms with van der Waals surface area (Å²) in [4.78, 5) is 22.7. The van der Waals surface area contributed by atoms with Crippen LogP contribution >= 0.6 is 11.6 Å². The van der Waals surface area contributed by atoms with E-state index < -0.39 is 21.6 Å². The molecule has 0 aliphatic heterocycles. The first-order chi connectivity index (χ1) is 12.0. The molecule has 0 fully saturated rings. The number of benzene rings is 2. The second-order valence-electron chi connectivity index (χ2n) is 5.61. The Bertz CT molecular complexity index is 972. The Labute approximate surface area is 148 Å². The third kappa shape index (κ3) is 3.34. The minimum Gasteiger partial charge on any atom is -0.418 e. The van der Waals surface area contributed by atoms with Crippen LogP contribution in [0.15, 0.2) is 63.8 Å². The molecule has 0 aliphatic rings. The van der Waals surface area contributed by atoms with Crippen LogP contribution < -0.4 is 10.9 Å². The lowest BCUT2D eigenvalue weighted by atomic mass is 10.1. The Morgan fingerprint density at radius 3 is 2.44 bits per heavy atom. The van der Waals surface area contributed by atoms with E-state index in [1.807, 2.05) is 30.3 Å². The van der Waals surface area contributed by atoms with Gasteiger partial charge in [0.05, 0.1) is 10.3 Å². The number of halogens is 1. The maximum atomic E-state index is 12.0. The van der Waals surface area contributed by atoms with Crippen molar-refractivity contribution in [1.82, 2.24) is 0 Å². The molecule has 1 heterocycles. The SMILES string of the molecule is C[C@H](Nc1c([N+](=O)[O-])c(=O)oc2ccccc12)[C@@H](Cl)c1ccccc1. The lowest BCUT2D eigenvalue weighted by Crippen LogP contribution is -2.23. The van der Waals surface area contributed by atoms with Gasteiger partial charge in [0.25, 0.3) is 0 Å². The van der Waals surface area contributed by atoms with E-state index in [4.69, 9.17) is 16.0 Å². The van der Waals surface area contributed by atoms with Crippen LogP contribution in [-0.4, -0.2) is 11.0 Å². The number of hydrogen-bond donors (Lipinski definition) is 1. The highest BCUT2D eigenvalue weighted by Gasteiger charge is 2.27. The molecule has 6 nitrogen and oxygen atoms in total. The number of para-hydroxylation sites is 1. The van der Waals surface area contributed by atoms with E-state index in [0.29, 0.717) is 5.39 Å². The number of hydrogen-bond acceptors (Lipinski definition) is 5. The van der Waals surface area contributed by atoms with Gasteiger partial charge in [0.1, 0.15) is 11.3 Å². The molecule has 2 atom stereocenters. The highest BCUT2D eigenvalue weighted by atomic mass is 35.5. The smallest absolute Gasteiger partial charge is 0.417 e. The van der Waals surface area contributed by atoms with Gasteiger partial charge in [-0.2, -0.15) is 0 Å². The van der Waals surface area contributed by atoms with Crippen molar-refractivity contribution in [3.8, 4) is 0 Å². The minimum absolute atomic E-state index is 0.117. The van der Waals surface area contributed by atoms with Crippen molar-refractivity contribution in [2.45, 2.75) is 18.3 Å². The molecule has 7 heteroatoms. The summed E-state index contributed by atoms with van der Waals surface area (Å²) in [6.07, 6.45) is 0. The number of nitro groups is 1. The van der Waals surface area contributed by atoms with E-state index in [-0.39, 0.29) is 17.3 Å². The number of rotatable bonds is 5. The van der Waals surface area contributed by atoms with Gasteiger partial charge in [-0.25, -0.2) is 4.79 Å². The number of nitrogens with zero attached hydrogens (tertiary/aromatic N) is 1. The van der Waals surface area contributed by atoms with Crippen molar-refractivity contribution in [1.29, 1.82) is 0 Å². The van der Waals surface area contributed by atoms with Gasteiger partial charge in [0, 0.05) is 11.4 Å². The summed E-state index contributed by atoms with van der Waals surface area (Å²) in [7, 11) is 0. The standard InChI is InChI=1S/C18H15ClN2O4/c1-11(15(19)12-7-3-2-4-8-12)20-16-13-9-5-6-10-14(13)25-18(22)17(16)21(23)24/h2-11,15,20H,1H3/t11-,15+/m0/s1. The second-order valence-corrected chi connectivity index (χ2v) is 6.08. The van der Waals surface area contributed by atoms with E-state index in [0.717, 1.165) is 5.56 Å². The van der Waals surface area contributed by atoms with Gasteiger partial charge in [0.2, 0.25) is 0 Å². The Balaban J connectivity index is 2.07. The largest absolute Gasteiger partial charge is 0.418 e. The topological polar surface area (TPSA) is 85.4 Å². The molecule has 0 unspecified atom stereocenters. The molecule has 128 valence electrons. The first-order valence-corrected chi connectivity index (χ1v) is 8.08. The molecule has 0 radical (unpaired) electrons. The molecule has 0 amide bonds. The molecular weight excluding hydrogens is 344 g/mol. The fourth-order valence-corrected chi connectivity index (χ4v) is 2.89. The minimum atomic E-state index is -0.996. The molecule has 1 N–H and O–H groups in total. The average molecular weight is 359 g/mol. The third-order valence-corrected chi connectivity index (χ3v) is 4.53. The van der Waals surface area contributed by atoms with Crippen LogP contribution in [0.2, 0.25) is 0 Å². The highest BCUT2D eigenvalue weighted by Crippen LogP contribution is 2.33. The summed E-state index contributed by atoms with van der Waals surface area (Å²) in [5, 5.41) is 14.4. The number of alkyl halides is 1. The zero-order chi connectivity index (χ0) is 18.0. The summed E-state index contributed by atoms with van der Waals surface area (Å²) in [5.41, 5.74) is -0.352. The van der Waals surface area contributed by atoms with Crippen LogP contribution in [-0.2, 0) is 0 Å². The molecule has 0 bridgehead atoms. The van der Waals surface area contributed by atoms with Gasteiger partial charge in [0.15, 0.2) is 0 Å². The van der Waals surface area contributed by atoms with Crippen LogP contribution in [0.5, 0.6) is 0 Å². The number of nitrogens with one attached hydrogen (secondary N) is 1. The van der Waals surface area contributed by atoms with Gasteiger partial charge in [-0.05, 0) is 24.6 Å². The summed E-state index contributed by atoms with van der Waals surface area (Å²) in [5.74, 6) is 0. The van der Waals surface area contributed by atoms with E-state index in [2.05, 4.69) is 5.32 Å². The molecule has 2 aromatic carbocycles. The van der Waals surface area contributed by atoms with Gasteiger partial charge < -0.3 is 9.73 Å². The average Bonchev–Trinajstić information content (AvgIpc) is 2.61. The molecule has 0 spiro atoms. The zero-order valence-electron chi connectivity index (χ0n) is 13.3. The Morgan fingerprint density at radius 2 is 1.76 bits per heavy atom. The quantitative estimate of drug-likeness (QED) is 0.314. The van der Waals surface area contributed by atoms with E-state index in [1.165, 1.54) is 0 Å². The van der Waals surface area contributed by atoms with Crippen LogP contribution in [0.1, 0.15) is 17.9 Å². The van der Waals surface area contributed by atoms with E-state index >= 15 is 0 Å². The van der Waals surface area contributed by atoms with Crippen molar-refractivity contribution in [2.24, 2.45) is 0 Å². The number of fused-ring (bicyclic) bond motifs is 1. The fourth-order valence-electron chi connectivity index (χ4n) is 2.68. The predicted molar refractivity (Wildman–Crippen MR) is 97.3 cm³/mol. The Hall–Kier alpha value is -2.86. The maximum Gasteiger partial charge on any atom is 0.417 e. The van der Waals surface area contributed by atoms with Crippen LogP contribution in [0, 0.1) is 10.1 Å². The summed E-state index contributed by atoms with van der Waals surface area (Å²) < 4.78 is 5.05. The zero-order valence-corrected chi connectivity index (χ0v) is 14.1. The highest BCUT2D eigenvalue weighted by molar-refractivity contribution is 6.21. The molecule has 1 aromatic heterocycles. The number of anilines is 1. The van der Waals surface area contributed by atoms with Crippen molar-refractivity contribution in [3.63, 3.8) is 0 Å². The lowest BCUT2D eigenvalue weighted by molar-refractivity contribution is -0.386. The first kappa shape index (κ1) is 17.0. The third-order valence-electron chi connectivity index (χ3n) is 3.90. The molecule has 3 rings (SSSR count). The van der Waals surface area contributed by atoms with E-state index in [9.17, 15) is 14.9 Å². The van der Waals surface area contributed by atoms with Crippen LogP contribution in [0.4, 0.5) is 11.4 Å². The van der Waals surface area contributed by atoms with Crippen molar-refractivity contribution in [3.05, 3.63) is 80.7 Å². The van der Waals surface area contributed by atoms with Gasteiger partial charge >= 0.3 is 11.3 Å². The van der Waals surface area contributed by atoms with E-state index in [1.54, 1.807) is 31.2 Å². The van der Waals surface area contributed by atoms with Crippen molar-refractivity contribution in [2.75, 3.05) is 5.32 Å². The van der Waals surface area contributed by atoms with Crippen LogP contribution in [0.3, 0.4) is 0 Å². The maximum absolute atomic E-state index is 12.0. The molecule has 0 aliphatic carbocycles. The monoisotopic (exact) mass is 358 g/mol. The lowest BCUT2D eigenvalue weighted by Gasteiger charge is -2.21.